The van der Waals surface area contributed by atoms with Gasteiger partial charge in [0.25, 0.3) is 0 Å². The molecule has 1 fully saturated rings. The van der Waals surface area contributed by atoms with Crippen LogP contribution in [0, 0.1) is 11.8 Å². The van der Waals surface area contributed by atoms with Gasteiger partial charge in [0.1, 0.15) is 0 Å². The molecule has 0 spiro atoms. The van der Waals surface area contributed by atoms with Gasteiger partial charge >= 0.3 is 0 Å². The summed E-state index contributed by atoms with van der Waals surface area (Å²) in [5.74, 6) is 1.02. The van der Waals surface area contributed by atoms with Crippen LogP contribution in [0.5, 0.6) is 0 Å². The fourth-order valence-electron chi connectivity index (χ4n) is 2.42. The summed E-state index contributed by atoms with van der Waals surface area (Å²) in [6.45, 7) is 8.86. The third-order valence-corrected chi connectivity index (χ3v) is 5.68. The van der Waals surface area contributed by atoms with Crippen LogP contribution >= 0.6 is 45.5 Å². The number of nitrogens with one attached hydrogen (secondary N) is 1. The third-order valence-electron chi connectivity index (χ3n) is 3.94. The third kappa shape index (κ3) is 4.74. The zero-order valence-corrected chi connectivity index (χ0v) is 16.2. The monoisotopic (exact) mass is 500 g/mol. The van der Waals surface area contributed by atoms with E-state index in [0.29, 0.717) is 5.92 Å². The molecule has 20 heavy (non-hydrogen) atoms. The predicted octanol–water partition coefficient (Wildman–Crippen LogP) is 3.07. The molecule has 2 aliphatic rings. The van der Waals surface area contributed by atoms with Crippen LogP contribution in [-0.4, -0.2) is 44.6 Å². The molecule has 4 nitrogen and oxygen atoms in total. The van der Waals surface area contributed by atoms with Crippen molar-refractivity contribution in [2.24, 2.45) is 22.0 Å². The largest absolute Gasteiger partial charge is 0.306 e. The van der Waals surface area contributed by atoms with Crippen LogP contribution in [0.25, 0.3) is 0 Å². The Morgan fingerprint density at radius 2 is 2.25 bits per heavy atom. The minimum Gasteiger partial charge on any atom is -0.306 e. The van der Waals surface area contributed by atoms with Crippen molar-refractivity contribution >= 4 is 56.9 Å². The molecule has 0 aliphatic carbocycles. The van der Waals surface area contributed by atoms with E-state index in [1.807, 2.05) is 6.08 Å². The van der Waals surface area contributed by atoms with Crippen molar-refractivity contribution in [2.75, 3.05) is 24.1 Å². The summed E-state index contributed by atoms with van der Waals surface area (Å²) in [5.41, 5.74) is 2.28. The molecular formula is C14H22I2N4. The molecule has 0 amide bonds. The molecule has 4 atom stereocenters. The molecule has 112 valence electrons. The molecule has 0 aromatic carbocycles. The van der Waals surface area contributed by atoms with Crippen molar-refractivity contribution in [3.8, 4) is 0 Å². The topological polar surface area (TPSA) is 39.8 Å². The lowest BCUT2D eigenvalue weighted by Gasteiger charge is -2.15. The zero-order valence-electron chi connectivity index (χ0n) is 11.9. The Balaban J connectivity index is 1.98. The number of halogens is 2. The lowest BCUT2D eigenvalue weighted by molar-refractivity contribution is 0.498. The number of allylic oxidation sites excluding steroid dienone is 1. The molecule has 2 rings (SSSR count). The summed E-state index contributed by atoms with van der Waals surface area (Å²) < 4.78 is 3.61. The van der Waals surface area contributed by atoms with E-state index < -0.39 is 0 Å². The van der Waals surface area contributed by atoms with Gasteiger partial charge in [0.15, 0.2) is 0 Å². The number of hydrogen-bond acceptors (Lipinski definition) is 4. The fourth-order valence-corrected chi connectivity index (χ4v) is 4.08. The molecule has 0 radical (unpaired) electrons. The van der Waals surface area contributed by atoms with Crippen LogP contribution in [0.1, 0.15) is 19.8 Å². The van der Waals surface area contributed by atoms with Crippen molar-refractivity contribution in [3.63, 3.8) is 0 Å². The van der Waals surface area contributed by atoms with Crippen molar-refractivity contribution in [3.05, 3.63) is 12.7 Å². The summed E-state index contributed by atoms with van der Waals surface area (Å²) in [6, 6.07) is 0.742. The highest BCUT2D eigenvalue weighted by molar-refractivity contribution is 14.1. The maximum atomic E-state index is 4.50. The Labute approximate surface area is 149 Å². The van der Waals surface area contributed by atoms with Crippen LogP contribution in [0.15, 0.2) is 22.9 Å². The predicted molar refractivity (Wildman–Crippen MR) is 103 cm³/mol. The lowest BCUT2D eigenvalue weighted by Crippen LogP contribution is -2.30. The minimum absolute atomic E-state index is 0.295. The van der Waals surface area contributed by atoms with Crippen molar-refractivity contribution < 1.29 is 0 Å². The highest BCUT2D eigenvalue weighted by atomic mass is 127. The van der Waals surface area contributed by atoms with Crippen molar-refractivity contribution in [1.82, 2.24) is 8.43 Å². The Bertz CT molecular complexity index is 408. The fraction of sp³-hybridized carbons (Fsp3) is 0.714. The van der Waals surface area contributed by atoms with E-state index in [0.717, 1.165) is 37.2 Å². The van der Waals surface area contributed by atoms with Gasteiger partial charge in [-0.15, -0.1) is 6.58 Å². The maximum Gasteiger partial charge on any atom is 0.0609 e. The molecule has 1 N–H and O–H groups in total. The molecule has 6 heteroatoms. The standard InChI is InChI=1S/C14H22I2N4/c1-3-10(2)13-8-17-7-12(18-19-13)6-11(4-5-15)14-9-20(14)16/h3,10-11,14,17H,1,4-9H2,2H3/t10?,11-,14?,20?/m0/s1. The molecule has 0 bridgehead atoms. The minimum atomic E-state index is 0.295. The first kappa shape index (κ1) is 16.8. The molecule has 0 aromatic rings. The smallest absolute Gasteiger partial charge is 0.0609 e. The Morgan fingerprint density at radius 1 is 1.50 bits per heavy atom. The number of rotatable bonds is 7. The molecule has 3 unspecified atom stereocenters. The van der Waals surface area contributed by atoms with E-state index in [9.17, 15) is 0 Å². The average Bonchev–Trinajstić information content (AvgIpc) is 3.20. The van der Waals surface area contributed by atoms with Gasteiger partial charge in [-0.3, -0.25) is 0 Å². The summed E-state index contributed by atoms with van der Waals surface area (Å²) in [6.07, 6.45) is 4.26. The van der Waals surface area contributed by atoms with Gasteiger partial charge in [-0.25, -0.2) is 3.11 Å². The van der Waals surface area contributed by atoms with Gasteiger partial charge in [0, 0.05) is 54.5 Å². The Hall–Kier alpha value is 0.460. The first-order chi connectivity index (χ1) is 9.65. The van der Waals surface area contributed by atoms with Crippen LogP contribution in [0.2, 0.25) is 0 Å². The number of nitrogens with zero attached hydrogens (tertiary/aromatic N) is 3. The molecule has 2 aliphatic heterocycles. The normalized spacial score (nSPS) is 28.9. The summed E-state index contributed by atoms with van der Waals surface area (Å²) >= 11 is 4.90. The van der Waals surface area contributed by atoms with Crippen LogP contribution in [0.3, 0.4) is 0 Å². The van der Waals surface area contributed by atoms with Crippen LogP contribution in [-0.2, 0) is 0 Å². The lowest BCUT2D eigenvalue weighted by atomic mass is 9.95. The highest BCUT2D eigenvalue weighted by Gasteiger charge is 2.39. The van der Waals surface area contributed by atoms with Gasteiger partial charge < -0.3 is 5.32 Å². The van der Waals surface area contributed by atoms with Crippen LogP contribution < -0.4 is 5.32 Å². The molecule has 2 heterocycles. The van der Waals surface area contributed by atoms with E-state index >= 15 is 0 Å². The molecule has 1 saturated heterocycles. The molecular weight excluding hydrogens is 478 g/mol. The van der Waals surface area contributed by atoms with Crippen molar-refractivity contribution in [1.29, 1.82) is 0 Å². The highest BCUT2D eigenvalue weighted by Crippen LogP contribution is 2.34. The summed E-state index contributed by atoms with van der Waals surface area (Å²) in [7, 11) is 0. The second kappa shape index (κ2) is 8.19. The summed E-state index contributed by atoms with van der Waals surface area (Å²) in [5, 5.41) is 12.4. The second-order valence-corrected chi connectivity index (χ2v) is 7.80. The number of alkyl halides is 1. The Morgan fingerprint density at radius 3 is 2.85 bits per heavy atom. The average molecular weight is 500 g/mol. The molecule has 0 aromatic heterocycles. The number of hydrogen-bond donors (Lipinski definition) is 1. The SMILES string of the molecule is C=CC(C)C1=NN=C(C[C@H](CCI)C2CN2I)CNC1. The van der Waals surface area contributed by atoms with E-state index in [1.54, 1.807) is 0 Å². The van der Waals surface area contributed by atoms with E-state index in [1.165, 1.54) is 23.1 Å². The quantitative estimate of drug-likeness (QED) is 0.192. The van der Waals surface area contributed by atoms with Gasteiger partial charge in [0.2, 0.25) is 0 Å². The van der Waals surface area contributed by atoms with E-state index in [4.69, 9.17) is 0 Å². The van der Waals surface area contributed by atoms with Gasteiger partial charge in [-0.1, -0.05) is 35.6 Å². The van der Waals surface area contributed by atoms with Crippen molar-refractivity contribution in [2.45, 2.75) is 25.8 Å². The maximum absolute atomic E-state index is 4.50. The van der Waals surface area contributed by atoms with E-state index in [-0.39, 0.29) is 0 Å². The first-order valence-electron chi connectivity index (χ1n) is 7.09. The van der Waals surface area contributed by atoms with Crippen LogP contribution in [0.4, 0.5) is 0 Å². The first-order valence-corrected chi connectivity index (χ1v) is 9.58. The summed E-state index contributed by atoms with van der Waals surface area (Å²) in [4.78, 5) is 0. The van der Waals surface area contributed by atoms with E-state index in [2.05, 4.69) is 77.6 Å². The van der Waals surface area contributed by atoms with Gasteiger partial charge in [-0.2, -0.15) is 10.2 Å². The zero-order chi connectivity index (χ0) is 14.5. The van der Waals surface area contributed by atoms with Gasteiger partial charge in [0.05, 0.1) is 11.4 Å². The molecule has 0 saturated carbocycles. The second-order valence-electron chi connectivity index (χ2n) is 5.48. The van der Waals surface area contributed by atoms with Gasteiger partial charge in [-0.05, 0) is 23.2 Å². The Kier molecular flexibility index (Phi) is 6.89.